The SMILES string of the molecule is CCC1(Cn2nnnc2CNCCOC)CCCC1. The lowest BCUT2D eigenvalue weighted by Crippen LogP contribution is -2.27. The molecule has 0 bridgehead atoms. The van der Waals surface area contributed by atoms with Crippen LogP contribution in [-0.4, -0.2) is 40.5 Å². The van der Waals surface area contributed by atoms with Crippen molar-refractivity contribution in [1.29, 1.82) is 0 Å². The molecule has 0 atom stereocenters. The maximum Gasteiger partial charge on any atom is 0.165 e. The van der Waals surface area contributed by atoms with Crippen molar-refractivity contribution in [2.45, 2.75) is 52.1 Å². The van der Waals surface area contributed by atoms with E-state index in [9.17, 15) is 0 Å². The first-order valence-corrected chi connectivity index (χ1v) is 7.24. The van der Waals surface area contributed by atoms with Crippen molar-refractivity contribution in [1.82, 2.24) is 25.5 Å². The second-order valence-corrected chi connectivity index (χ2v) is 5.48. The van der Waals surface area contributed by atoms with Gasteiger partial charge >= 0.3 is 0 Å². The van der Waals surface area contributed by atoms with Gasteiger partial charge in [-0.05, 0) is 35.1 Å². The van der Waals surface area contributed by atoms with E-state index in [1.165, 1.54) is 32.1 Å². The largest absolute Gasteiger partial charge is 0.383 e. The van der Waals surface area contributed by atoms with Crippen LogP contribution in [0.1, 0.15) is 44.9 Å². The summed E-state index contributed by atoms with van der Waals surface area (Å²) >= 11 is 0. The number of methoxy groups -OCH3 is 1. The van der Waals surface area contributed by atoms with Gasteiger partial charge in [-0.1, -0.05) is 19.8 Å². The highest BCUT2D eigenvalue weighted by molar-refractivity contribution is 4.88. The fourth-order valence-corrected chi connectivity index (χ4v) is 2.91. The Morgan fingerprint density at radius 2 is 2.16 bits per heavy atom. The third-order valence-electron chi connectivity index (χ3n) is 4.27. The summed E-state index contributed by atoms with van der Waals surface area (Å²) < 4.78 is 6.99. The summed E-state index contributed by atoms with van der Waals surface area (Å²) in [5.41, 5.74) is 0.413. The predicted octanol–water partition coefficient (Wildman–Crippen LogP) is 1.38. The number of nitrogens with zero attached hydrogens (tertiary/aromatic N) is 4. The molecule has 1 aliphatic rings. The molecular weight excluding hydrogens is 242 g/mol. The van der Waals surface area contributed by atoms with Crippen LogP contribution in [-0.2, 0) is 17.8 Å². The van der Waals surface area contributed by atoms with Crippen LogP contribution < -0.4 is 5.32 Å². The van der Waals surface area contributed by atoms with Gasteiger partial charge in [0.15, 0.2) is 5.82 Å². The highest BCUT2D eigenvalue weighted by atomic mass is 16.5. The van der Waals surface area contributed by atoms with E-state index >= 15 is 0 Å². The average Bonchev–Trinajstić information content (AvgIpc) is 3.06. The van der Waals surface area contributed by atoms with Crippen molar-refractivity contribution in [3.05, 3.63) is 5.82 Å². The number of rotatable bonds is 8. The number of ether oxygens (including phenoxy) is 1. The molecule has 1 heterocycles. The summed E-state index contributed by atoms with van der Waals surface area (Å²) in [5.74, 6) is 0.927. The van der Waals surface area contributed by atoms with Crippen LogP contribution in [0.5, 0.6) is 0 Å². The standard InChI is InChI=1S/C13H25N5O/c1-3-13(6-4-5-7-13)11-18-12(15-16-17-18)10-14-8-9-19-2/h14H,3-11H2,1-2H3. The Bertz CT molecular complexity index is 373. The summed E-state index contributed by atoms with van der Waals surface area (Å²) in [6.45, 7) is 5.48. The zero-order valence-corrected chi connectivity index (χ0v) is 12.1. The molecule has 0 saturated heterocycles. The van der Waals surface area contributed by atoms with Crippen molar-refractivity contribution in [3.8, 4) is 0 Å². The van der Waals surface area contributed by atoms with E-state index in [2.05, 4.69) is 27.8 Å². The normalized spacial score (nSPS) is 18.0. The predicted molar refractivity (Wildman–Crippen MR) is 72.6 cm³/mol. The van der Waals surface area contributed by atoms with Gasteiger partial charge in [-0.15, -0.1) is 5.10 Å². The smallest absolute Gasteiger partial charge is 0.165 e. The molecule has 1 aromatic rings. The Morgan fingerprint density at radius 1 is 1.37 bits per heavy atom. The van der Waals surface area contributed by atoms with Gasteiger partial charge in [0.25, 0.3) is 0 Å². The molecule has 2 rings (SSSR count). The molecule has 1 aliphatic carbocycles. The Kier molecular flexibility index (Phi) is 5.27. The van der Waals surface area contributed by atoms with Gasteiger partial charge in [-0.25, -0.2) is 4.68 Å². The molecule has 0 radical (unpaired) electrons. The van der Waals surface area contributed by atoms with Crippen molar-refractivity contribution in [3.63, 3.8) is 0 Å². The van der Waals surface area contributed by atoms with Gasteiger partial charge in [-0.3, -0.25) is 0 Å². The van der Waals surface area contributed by atoms with Crippen molar-refractivity contribution < 1.29 is 4.74 Å². The summed E-state index contributed by atoms with van der Waals surface area (Å²) in [7, 11) is 1.71. The van der Waals surface area contributed by atoms with E-state index in [1.807, 2.05) is 4.68 Å². The van der Waals surface area contributed by atoms with Gasteiger partial charge < -0.3 is 10.1 Å². The molecule has 0 aliphatic heterocycles. The van der Waals surface area contributed by atoms with Crippen LogP contribution in [0.3, 0.4) is 0 Å². The molecule has 1 aromatic heterocycles. The fraction of sp³-hybridized carbons (Fsp3) is 0.923. The third-order valence-corrected chi connectivity index (χ3v) is 4.27. The van der Waals surface area contributed by atoms with Crippen molar-refractivity contribution >= 4 is 0 Å². The van der Waals surface area contributed by atoms with Gasteiger partial charge in [0.1, 0.15) is 0 Å². The van der Waals surface area contributed by atoms with E-state index in [4.69, 9.17) is 4.74 Å². The highest BCUT2D eigenvalue weighted by Crippen LogP contribution is 2.42. The zero-order valence-electron chi connectivity index (χ0n) is 12.1. The first kappa shape index (κ1) is 14.4. The van der Waals surface area contributed by atoms with Crippen LogP contribution in [0.4, 0.5) is 0 Å². The molecule has 0 spiro atoms. The summed E-state index contributed by atoms with van der Waals surface area (Å²) in [6, 6.07) is 0. The highest BCUT2D eigenvalue weighted by Gasteiger charge is 2.33. The van der Waals surface area contributed by atoms with E-state index in [1.54, 1.807) is 7.11 Å². The molecular formula is C13H25N5O. The Labute approximate surface area is 114 Å². The van der Waals surface area contributed by atoms with Gasteiger partial charge in [0.05, 0.1) is 19.7 Å². The molecule has 1 saturated carbocycles. The first-order chi connectivity index (χ1) is 9.29. The number of aromatic nitrogens is 4. The van der Waals surface area contributed by atoms with E-state index in [0.29, 0.717) is 18.6 Å². The lowest BCUT2D eigenvalue weighted by Gasteiger charge is -2.27. The molecule has 0 unspecified atom stereocenters. The summed E-state index contributed by atoms with van der Waals surface area (Å²) in [4.78, 5) is 0. The van der Waals surface area contributed by atoms with Crippen LogP contribution in [0.25, 0.3) is 0 Å². The third kappa shape index (κ3) is 3.73. The lowest BCUT2D eigenvalue weighted by molar-refractivity contribution is 0.197. The quantitative estimate of drug-likeness (QED) is 0.721. The fourth-order valence-electron chi connectivity index (χ4n) is 2.91. The van der Waals surface area contributed by atoms with Gasteiger partial charge in [0.2, 0.25) is 0 Å². The average molecular weight is 267 g/mol. The first-order valence-electron chi connectivity index (χ1n) is 7.24. The van der Waals surface area contributed by atoms with Crippen LogP contribution in [0.2, 0.25) is 0 Å². The number of hydrogen-bond acceptors (Lipinski definition) is 5. The number of hydrogen-bond donors (Lipinski definition) is 1. The van der Waals surface area contributed by atoms with E-state index < -0.39 is 0 Å². The minimum absolute atomic E-state index is 0.413. The molecule has 6 nitrogen and oxygen atoms in total. The van der Waals surface area contributed by atoms with Crippen molar-refractivity contribution in [2.75, 3.05) is 20.3 Å². The zero-order chi connectivity index (χ0) is 13.6. The van der Waals surface area contributed by atoms with E-state index in [-0.39, 0.29) is 0 Å². The maximum atomic E-state index is 5.01. The molecule has 108 valence electrons. The minimum Gasteiger partial charge on any atom is -0.383 e. The second-order valence-electron chi connectivity index (χ2n) is 5.48. The van der Waals surface area contributed by atoms with Crippen LogP contribution in [0, 0.1) is 5.41 Å². The molecule has 1 N–H and O–H groups in total. The number of nitrogens with one attached hydrogen (secondary N) is 1. The minimum atomic E-state index is 0.413. The summed E-state index contributed by atoms with van der Waals surface area (Å²) in [5, 5.41) is 15.4. The lowest BCUT2D eigenvalue weighted by atomic mass is 9.83. The maximum absolute atomic E-state index is 5.01. The Morgan fingerprint density at radius 3 is 2.84 bits per heavy atom. The topological polar surface area (TPSA) is 64.9 Å². The molecule has 1 fully saturated rings. The van der Waals surface area contributed by atoms with Crippen molar-refractivity contribution in [2.24, 2.45) is 5.41 Å². The van der Waals surface area contributed by atoms with Gasteiger partial charge in [-0.2, -0.15) is 0 Å². The number of tetrazole rings is 1. The summed E-state index contributed by atoms with van der Waals surface area (Å²) in [6.07, 6.45) is 6.51. The monoisotopic (exact) mass is 267 g/mol. The molecule has 6 heteroatoms. The molecule has 19 heavy (non-hydrogen) atoms. The van der Waals surface area contributed by atoms with E-state index in [0.717, 1.165) is 18.9 Å². The molecule has 0 aromatic carbocycles. The van der Waals surface area contributed by atoms with Crippen LogP contribution in [0.15, 0.2) is 0 Å². The Hall–Kier alpha value is -1.01. The van der Waals surface area contributed by atoms with Gasteiger partial charge in [0, 0.05) is 13.7 Å². The Balaban J connectivity index is 1.91. The second kappa shape index (κ2) is 6.96. The molecule has 0 amide bonds. The van der Waals surface area contributed by atoms with Crippen LogP contribution >= 0.6 is 0 Å².